The number of benzene rings is 1. The molecule has 27 heavy (non-hydrogen) atoms. The van der Waals surface area contributed by atoms with Gasteiger partial charge < -0.3 is 21.0 Å². The van der Waals surface area contributed by atoms with Gasteiger partial charge in [-0.25, -0.2) is 9.97 Å². The second-order valence-electron chi connectivity index (χ2n) is 5.33. The van der Waals surface area contributed by atoms with E-state index in [1.807, 2.05) is 0 Å². The first-order chi connectivity index (χ1) is 12.9. The number of aromatic nitrogens is 4. The second-order valence-corrected chi connectivity index (χ2v) is 5.77. The summed E-state index contributed by atoms with van der Waals surface area (Å²) in [6.07, 6.45) is 4.28. The van der Waals surface area contributed by atoms with E-state index in [2.05, 4.69) is 25.5 Å². The number of ether oxygens (including phenoxy) is 1. The van der Waals surface area contributed by atoms with E-state index in [9.17, 15) is 4.79 Å². The molecular formula is C16H14ClN7O3. The van der Waals surface area contributed by atoms with Gasteiger partial charge in [-0.1, -0.05) is 16.8 Å². The lowest BCUT2D eigenvalue weighted by molar-refractivity contribution is 0.102. The van der Waals surface area contributed by atoms with Crippen LogP contribution in [0.3, 0.4) is 0 Å². The maximum atomic E-state index is 12.4. The van der Waals surface area contributed by atoms with Gasteiger partial charge in [0.25, 0.3) is 5.91 Å². The Morgan fingerprint density at radius 1 is 1.33 bits per heavy atom. The summed E-state index contributed by atoms with van der Waals surface area (Å²) in [4.78, 5) is 20.3. The van der Waals surface area contributed by atoms with Gasteiger partial charge in [-0.05, 0) is 18.2 Å². The van der Waals surface area contributed by atoms with Gasteiger partial charge in [-0.2, -0.15) is 5.10 Å². The van der Waals surface area contributed by atoms with Gasteiger partial charge in [0.05, 0.1) is 12.4 Å². The standard InChI is InChI=1S/C16H14ClN7O3/c1-24-3-2-13(22-24)21-16(25)9-4-10(17)6-11(5-9)27-14-8-19-12(7-20-14)15(18)23-26/h2-8,26H,1H3,(H2,18,23)(H,21,22,25). The lowest BCUT2D eigenvalue weighted by atomic mass is 10.2. The fraction of sp³-hybridized carbons (Fsp3) is 0.0625. The average molecular weight is 388 g/mol. The average Bonchev–Trinajstić information content (AvgIpc) is 3.06. The Bertz CT molecular complexity index is 1000. The highest BCUT2D eigenvalue weighted by Crippen LogP contribution is 2.25. The molecule has 0 unspecified atom stereocenters. The van der Waals surface area contributed by atoms with Crippen LogP contribution in [0.2, 0.25) is 5.02 Å². The zero-order valence-corrected chi connectivity index (χ0v) is 14.8. The maximum Gasteiger partial charge on any atom is 0.257 e. The van der Waals surface area contributed by atoms with Crippen LogP contribution in [-0.4, -0.2) is 36.7 Å². The molecule has 0 spiro atoms. The summed E-state index contributed by atoms with van der Waals surface area (Å²) in [7, 11) is 1.74. The van der Waals surface area contributed by atoms with Crippen LogP contribution in [0.15, 0.2) is 48.0 Å². The first-order valence-corrected chi connectivity index (χ1v) is 7.92. The van der Waals surface area contributed by atoms with Crippen molar-refractivity contribution < 1.29 is 14.7 Å². The second kappa shape index (κ2) is 7.70. The molecule has 0 atom stereocenters. The molecule has 11 heteroatoms. The van der Waals surface area contributed by atoms with E-state index in [4.69, 9.17) is 27.3 Å². The molecule has 2 heterocycles. The Labute approximate surface area is 158 Å². The number of nitrogens with two attached hydrogens (primary N) is 1. The summed E-state index contributed by atoms with van der Waals surface area (Å²) in [5, 5.41) is 18.5. The van der Waals surface area contributed by atoms with E-state index in [-0.39, 0.29) is 23.0 Å². The zero-order valence-electron chi connectivity index (χ0n) is 14.0. The number of rotatable bonds is 5. The molecule has 0 bridgehead atoms. The van der Waals surface area contributed by atoms with Crippen molar-refractivity contribution in [3.63, 3.8) is 0 Å². The quantitative estimate of drug-likeness (QED) is 0.263. The number of oxime groups is 1. The summed E-state index contributed by atoms with van der Waals surface area (Å²) in [6.45, 7) is 0. The van der Waals surface area contributed by atoms with Gasteiger partial charge >= 0.3 is 0 Å². The molecule has 0 aliphatic rings. The number of anilines is 1. The number of nitrogens with one attached hydrogen (secondary N) is 1. The molecule has 3 rings (SSSR count). The molecule has 4 N–H and O–H groups in total. The molecule has 0 saturated heterocycles. The number of carbonyl (C=O) groups is 1. The number of amidine groups is 1. The van der Waals surface area contributed by atoms with Crippen LogP contribution in [0.5, 0.6) is 11.6 Å². The fourth-order valence-electron chi connectivity index (χ4n) is 2.10. The summed E-state index contributed by atoms with van der Waals surface area (Å²) >= 11 is 6.08. The van der Waals surface area contributed by atoms with Crippen molar-refractivity contribution in [3.05, 3.63) is 59.1 Å². The van der Waals surface area contributed by atoms with Crippen LogP contribution in [0, 0.1) is 0 Å². The fourth-order valence-corrected chi connectivity index (χ4v) is 2.32. The van der Waals surface area contributed by atoms with Crippen molar-refractivity contribution in [2.75, 3.05) is 5.32 Å². The lowest BCUT2D eigenvalue weighted by Gasteiger charge is -2.08. The smallest absolute Gasteiger partial charge is 0.257 e. The first kappa shape index (κ1) is 18.1. The van der Waals surface area contributed by atoms with Gasteiger partial charge in [0.2, 0.25) is 5.88 Å². The maximum absolute atomic E-state index is 12.4. The normalized spacial score (nSPS) is 11.3. The van der Waals surface area contributed by atoms with Crippen LogP contribution in [-0.2, 0) is 7.05 Å². The van der Waals surface area contributed by atoms with Crippen LogP contribution in [0.25, 0.3) is 0 Å². The van der Waals surface area contributed by atoms with Crippen molar-refractivity contribution in [2.24, 2.45) is 17.9 Å². The molecule has 0 aliphatic heterocycles. The predicted octanol–water partition coefficient (Wildman–Crippen LogP) is 2.00. The number of halogens is 1. The largest absolute Gasteiger partial charge is 0.437 e. The van der Waals surface area contributed by atoms with E-state index in [1.54, 1.807) is 24.0 Å². The Kier molecular flexibility index (Phi) is 5.18. The zero-order chi connectivity index (χ0) is 19.4. The molecule has 1 amide bonds. The molecule has 2 aromatic heterocycles. The van der Waals surface area contributed by atoms with E-state index in [0.29, 0.717) is 16.6 Å². The third-order valence-corrected chi connectivity index (χ3v) is 3.53. The Hall–Kier alpha value is -3.66. The van der Waals surface area contributed by atoms with Crippen LogP contribution in [0.1, 0.15) is 16.1 Å². The highest BCUT2D eigenvalue weighted by Gasteiger charge is 2.12. The van der Waals surface area contributed by atoms with Crippen molar-refractivity contribution in [2.45, 2.75) is 0 Å². The van der Waals surface area contributed by atoms with Crippen molar-refractivity contribution >= 4 is 29.2 Å². The Morgan fingerprint density at radius 2 is 2.15 bits per heavy atom. The van der Waals surface area contributed by atoms with Gasteiger partial charge in [0, 0.05) is 29.9 Å². The van der Waals surface area contributed by atoms with Crippen molar-refractivity contribution in [1.82, 2.24) is 19.7 Å². The minimum Gasteiger partial charge on any atom is -0.437 e. The Morgan fingerprint density at radius 3 is 2.78 bits per heavy atom. The minimum absolute atomic E-state index is 0.142. The van der Waals surface area contributed by atoms with Gasteiger partial charge in [-0.15, -0.1) is 0 Å². The summed E-state index contributed by atoms with van der Waals surface area (Å²) < 4.78 is 7.14. The van der Waals surface area contributed by atoms with E-state index in [1.165, 1.54) is 30.6 Å². The van der Waals surface area contributed by atoms with E-state index < -0.39 is 5.91 Å². The molecule has 138 valence electrons. The number of nitrogens with zero attached hydrogens (tertiary/aromatic N) is 5. The highest BCUT2D eigenvalue weighted by molar-refractivity contribution is 6.31. The summed E-state index contributed by atoms with van der Waals surface area (Å²) in [5.41, 5.74) is 5.89. The summed E-state index contributed by atoms with van der Waals surface area (Å²) in [5.74, 6) is 0.275. The van der Waals surface area contributed by atoms with Gasteiger partial charge in [0.15, 0.2) is 11.7 Å². The van der Waals surface area contributed by atoms with Crippen molar-refractivity contribution in [1.29, 1.82) is 0 Å². The van der Waals surface area contributed by atoms with Gasteiger partial charge in [0.1, 0.15) is 11.4 Å². The molecular weight excluding hydrogens is 374 g/mol. The number of hydrogen-bond acceptors (Lipinski definition) is 7. The van der Waals surface area contributed by atoms with Crippen molar-refractivity contribution in [3.8, 4) is 11.6 Å². The topological polar surface area (TPSA) is 141 Å². The monoisotopic (exact) mass is 387 g/mol. The Balaban J connectivity index is 1.77. The van der Waals surface area contributed by atoms with Gasteiger partial charge in [-0.3, -0.25) is 9.48 Å². The molecule has 0 aliphatic carbocycles. The molecule has 0 saturated carbocycles. The molecule has 0 fully saturated rings. The lowest BCUT2D eigenvalue weighted by Crippen LogP contribution is -2.15. The molecule has 1 aromatic carbocycles. The van der Waals surface area contributed by atoms with E-state index in [0.717, 1.165) is 0 Å². The minimum atomic E-state index is -0.394. The molecule has 10 nitrogen and oxygen atoms in total. The third kappa shape index (κ3) is 4.50. The van der Waals surface area contributed by atoms with Crippen LogP contribution in [0.4, 0.5) is 5.82 Å². The molecule has 3 aromatic rings. The van der Waals surface area contributed by atoms with Crippen LogP contribution >= 0.6 is 11.6 Å². The number of amides is 1. The third-order valence-electron chi connectivity index (χ3n) is 3.31. The van der Waals surface area contributed by atoms with E-state index >= 15 is 0 Å². The number of hydrogen-bond donors (Lipinski definition) is 3. The van der Waals surface area contributed by atoms with Crippen LogP contribution < -0.4 is 15.8 Å². The SMILES string of the molecule is Cn1ccc(NC(=O)c2cc(Cl)cc(Oc3cnc(C(N)=NO)cn3)c2)n1. The summed E-state index contributed by atoms with van der Waals surface area (Å²) in [6, 6.07) is 6.19. The predicted molar refractivity (Wildman–Crippen MR) is 97.2 cm³/mol. The molecule has 0 radical (unpaired) electrons. The number of carbonyl (C=O) groups excluding carboxylic acids is 1. The highest BCUT2D eigenvalue weighted by atomic mass is 35.5. The first-order valence-electron chi connectivity index (χ1n) is 7.54. The number of aryl methyl sites for hydroxylation is 1.